The van der Waals surface area contributed by atoms with Crippen LogP contribution < -0.4 is 0 Å². The summed E-state index contributed by atoms with van der Waals surface area (Å²) in [6.45, 7) is 1.88. The van der Waals surface area contributed by atoms with E-state index >= 15 is 0 Å². The molecule has 2 aromatic rings. The fourth-order valence-corrected chi connectivity index (χ4v) is 3.08. The lowest BCUT2D eigenvalue weighted by Gasteiger charge is -2.09. The van der Waals surface area contributed by atoms with Crippen molar-refractivity contribution < 1.29 is 9.90 Å². The number of nitrogens with zero attached hydrogens (tertiary/aromatic N) is 2. The summed E-state index contributed by atoms with van der Waals surface area (Å²) in [7, 11) is 0. The highest BCUT2D eigenvalue weighted by molar-refractivity contribution is 9.11. The van der Waals surface area contributed by atoms with Crippen LogP contribution in [-0.4, -0.2) is 26.4 Å². The van der Waals surface area contributed by atoms with Gasteiger partial charge in [0.1, 0.15) is 0 Å². The van der Waals surface area contributed by atoms with Crippen LogP contribution in [0.4, 0.5) is 0 Å². The van der Waals surface area contributed by atoms with Crippen LogP contribution in [0.5, 0.6) is 0 Å². The van der Waals surface area contributed by atoms with Gasteiger partial charge in [0.15, 0.2) is 5.16 Å². The maximum Gasteiger partial charge on any atom is 0.313 e. The van der Waals surface area contributed by atoms with Crippen LogP contribution in [0, 0.1) is 6.92 Å². The number of imidazole rings is 1. The topological polar surface area (TPSA) is 55.1 Å². The van der Waals surface area contributed by atoms with E-state index in [2.05, 4.69) is 36.8 Å². The Morgan fingerprint density at radius 2 is 2.21 bits per heavy atom. The average Bonchev–Trinajstić information content (AvgIpc) is 2.71. The molecule has 0 aliphatic carbocycles. The Bertz CT molecular complexity index is 628. The standard InChI is InChI=1S/C12H10Br2N2O2S/c1-7-5-16(12(15-7)19-6-11(17)18)10-4-8(13)2-3-9(10)14/h2-5H,6H2,1H3,(H,17,18). The average molecular weight is 406 g/mol. The zero-order valence-electron chi connectivity index (χ0n) is 9.93. The van der Waals surface area contributed by atoms with Crippen LogP contribution in [0.25, 0.3) is 5.69 Å². The van der Waals surface area contributed by atoms with Gasteiger partial charge in [-0.2, -0.15) is 0 Å². The first-order chi connectivity index (χ1) is 8.97. The Morgan fingerprint density at radius 3 is 2.89 bits per heavy atom. The Morgan fingerprint density at radius 1 is 1.47 bits per heavy atom. The van der Waals surface area contributed by atoms with Gasteiger partial charge in [-0.3, -0.25) is 9.36 Å². The third kappa shape index (κ3) is 3.61. The molecule has 100 valence electrons. The number of aromatic nitrogens is 2. The lowest BCUT2D eigenvalue weighted by molar-refractivity contribution is -0.133. The van der Waals surface area contributed by atoms with Gasteiger partial charge in [-0.25, -0.2) is 4.98 Å². The van der Waals surface area contributed by atoms with Gasteiger partial charge in [0.05, 0.1) is 17.1 Å². The second-order valence-corrected chi connectivity index (χ2v) is 6.53. The minimum Gasteiger partial charge on any atom is -0.481 e. The molecule has 0 fully saturated rings. The number of rotatable bonds is 4. The van der Waals surface area contributed by atoms with Crippen LogP contribution in [0.3, 0.4) is 0 Å². The maximum atomic E-state index is 10.7. The monoisotopic (exact) mass is 404 g/mol. The van der Waals surface area contributed by atoms with E-state index in [1.807, 2.05) is 35.9 Å². The van der Waals surface area contributed by atoms with Crippen LogP contribution in [0.15, 0.2) is 38.5 Å². The van der Waals surface area contributed by atoms with E-state index < -0.39 is 5.97 Å². The molecule has 7 heteroatoms. The van der Waals surface area contributed by atoms with Crippen molar-refractivity contribution in [2.75, 3.05) is 5.75 Å². The van der Waals surface area contributed by atoms with Gasteiger partial charge in [-0.15, -0.1) is 0 Å². The number of aryl methyl sites for hydroxylation is 1. The van der Waals surface area contributed by atoms with Gasteiger partial charge in [-0.05, 0) is 41.1 Å². The molecule has 0 saturated carbocycles. The van der Waals surface area contributed by atoms with Crippen LogP contribution in [0.2, 0.25) is 0 Å². The van der Waals surface area contributed by atoms with Gasteiger partial charge in [0, 0.05) is 15.1 Å². The molecular formula is C12H10Br2N2O2S. The van der Waals surface area contributed by atoms with Gasteiger partial charge < -0.3 is 5.11 Å². The fourth-order valence-electron chi connectivity index (χ4n) is 1.55. The molecule has 0 aliphatic heterocycles. The summed E-state index contributed by atoms with van der Waals surface area (Å²) in [6, 6.07) is 5.82. The van der Waals surface area contributed by atoms with Crippen LogP contribution in [-0.2, 0) is 4.79 Å². The third-order valence-electron chi connectivity index (χ3n) is 2.29. The lowest BCUT2D eigenvalue weighted by atomic mass is 10.3. The molecule has 0 unspecified atom stereocenters. The van der Waals surface area contributed by atoms with Gasteiger partial charge in [0.2, 0.25) is 0 Å². The van der Waals surface area contributed by atoms with Crippen LogP contribution >= 0.6 is 43.6 Å². The minimum atomic E-state index is -0.856. The molecule has 0 amide bonds. The van der Waals surface area contributed by atoms with Gasteiger partial charge in [0.25, 0.3) is 0 Å². The number of carboxylic acids is 1. The molecule has 0 spiro atoms. The number of halogens is 2. The Hall–Kier alpha value is -0.790. The maximum absolute atomic E-state index is 10.7. The van der Waals surface area contributed by atoms with Crippen molar-refractivity contribution in [3.05, 3.63) is 39.0 Å². The molecule has 4 nitrogen and oxygen atoms in total. The van der Waals surface area contributed by atoms with E-state index in [4.69, 9.17) is 5.11 Å². The van der Waals surface area contributed by atoms with E-state index in [1.165, 1.54) is 11.8 Å². The minimum absolute atomic E-state index is 0.0118. The summed E-state index contributed by atoms with van der Waals surface area (Å²) in [5.74, 6) is -0.868. The second kappa shape index (κ2) is 6.11. The highest BCUT2D eigenvalue weighted by Gasteiger charge is 2.12. The number of aliphatic carboxylic acids is 1. The van der Waals surface area contributed by atoms with Crippen LogP contribution in [0.1, 0.15) is 5.69 Å². The number of benzene rings is 1. The Labute approximate surface area is 131 Å². The highest BCUT2D eigenvalue weighted by Crippen LogP contribution is 2.29. The number of carbonyl (C=O) groups is 1. The van der Waals surface area contributed by atoms with Crippen molar-refractivity contribution in [1.29, 1.82) is 0 Å². The first-order valence-corrected chi connectivity index (χ1v) is 7.90. The molecule has 0 saturated heterocycles. The van der Waals surface area contributed by atoms with E-state index in [1.54, 1.807) is 0 Å². The summed E-state index contributed by atoms with van der Waals surface area (Å²) in [6.07, 6.45) is 1.89. The van der Waals surface area contributed by atoms with Crippen molar-refractivity contribution in [2.24, 2.45) is 0 Å². The van der Waals surface area contributed by atoms with Crippen molar-refractivity contribution in [1.82, 2.24) is 9.55 Å². The smallest absolute Gasteiger partial charge is 0.313 e. The molecule has 0 radical (unpaired) electrons. The molecule has 0 aliphatic rings. The summed E-state index contributed by atoms with van der Waals surface area (Å²) in [5.41, 5.74) is 1.77. The van der Waals surface area contributed by atoms with E-state index in [-0.39, 0.29) is 5.75 Å². The zero-order valence-corrected chi connectivity index (χ0v) is 13.9. The van der Waals surface area contributed by atoms with E-state index in [0.717, 1.165) is 20.3 Å². The van der Waals surface area contributed by atoms with E-state index in [0.29, 0.717) is 5.16 Å². The molecule has 1 aromatic heterocycles. The predicted molar refractivity (Wildman–Crippen MR) is 82.1 cm³/mol. The summed E-state index contributed by atoms with van der Waals surface area (Å²) in [5, 5.41) is 9.43. The molecule has 1 aromatic carbocycles. The largest absolute Gasteiger partial charge is 0.481 e. The zero-order chi connectivity index (χ0) is 14.0. The summed E-state index contributed by atoms with van der Waals surface area (Å²) < 4.78 is 3.76. The number of thioether (sulfide) groups is 1. The molecule has 1 N–H and O–H groups in total. The van der Waals surface area contributed by atoms with Crippen molar-refractivity contribution in [3.8, 4) is 5.69 Å². The van der Waals surface area contributed by atoms with Crippen molar-refractivity contribution in [3.63, 3.8) is 0 Å². The highest BCUT2D eigenvalue weighted by atomic mass is 79.9. The Kier molecular flexibility index (Phi) is 4.70. The first-order valence-electron chi connectivity index (χ1n) is 5.33. The fraction of sp³-hybridized carbons (Fsp3) is 0.167. The molecular weight excluding hydrogens is 396 g/mol. The normalized spacial score (nSPS) is 10.7. The quantitative estimate of drug-likeness (QED) is 0.784. The summed E-state index contributed by atoms with van der Waals surface area (Å²) in [4.78, 5) is 15.0. The van der Waals surface area contributed by atoms with Crippen molar-refractivity contribution >= 4 is 49.6 Å². The molecule has 1 heterocycles. The summed E-state index contributed by atoms with van der Waals surface area (Å²) >= 11 is 8.13. The lowest BCUT2D eigenvalue weighted by Crippen LogP contribution is -2.01. The third-order valence-corrected chi connectivity index (χ3v) is 4.39. The van der Waals surface area contributed by atoms with Gasteiger partial charge in [-0.1, -0.05) is 27.7 Å². The predicted octanol–water partition coefficient (Wildman–Crippen LogP) is 3.88. The Balaban J connectivity index is 2.43. The second-order valence-electron chi connectivity index (χ2n) is 3.81. The molecule has 0 bridgehead atoms. The molecule has 19 heavy (non-hydrogen) atoms. The first kappa shape index (κ1) is 14.6. The SMILES string of the molecule is Cc1cn(-c2cc(Br)ccc2Br)c(SCC(=O)O)n1. The number of hydrogen-bond acceptors (Lipinski definition) is 3. The van der Waals surface area contributed by atoms with Crippen molar-refractivity contribution in [2.45, 2.75) is 12.1 Å². The van der Waals surface area contributed by atoms with Gasteiger partial charge >= 0.3 is 5.97 Å². The number of hydrogen-bond donors (Lipinski definition) is 1. The van der Waals surface area contributed by atoms with E-state index in [9.17, 15) is 4.79 Å². The molecule has 0 atom stereocenters. The number of carboxylic acid groups (broad SMARTS) is 1. The molecule has 2 rings (SSSR count).